The van der Waals surface area contributed by atoms with E-state index in [2.05, 4.69) is 58.0 Å². The van der Waals surface area contributed by atoms with Crippen LogP contribution >= 0.6 is 11.8 Å². The van der Waals surface area contributed by atoms with Gasteiger partial charge in [0.15, 0.2) is 5.17 Å². The van der Waals surface area contributed by atoms with Crippen LogP contribution < -0.4 is 4.90 Å². The van der Waals surface area contributed by atoms with E-state index in [1.54, 1.807) is 4.90 Å². The van der Waals surface area contributed by atoms with Crippen LogP contribution in [0.3, 0.4) is 0 Å². The highest BCUT2D eigenvalue weighted by molar-refractivity contribution is 8.18. The molecule has 186 valence electrons. The average molecular weight is 509 g/mol. The van der Waals surface area contributed by atoms with Crippen LogP contribution in [0.2, 0.25) is 0 Å². The first-order valence-electron chi connectivity index (χ1n) is 12.6. The molecule has 6 nitrogen and oxygen atoms in total. The molecule has 3 heterocycles. The van der Waals surface area contributed by atoms with E-state index >= 15 is 0 Å². The number of hydrogen-bond acceptors (Lipinski definition) is 5. The zero-order valence-electron chi connectivity index (χ0n) is 20.7. The molecule has 2 saturated heterocycles. The van der Waals surface area contributed by atoms with Gasteiger partial charge in [-0.3, -0.25) is 9.69 Å². The number of likely N-dealkylation sites (N-methyl/N-ethyl adjacent to an activating group) is 1. The molecule has 37 heavy (non-hydrogen) atoms. The first-order chi connectivity index (χ1) is 18.2. The lowest BCUT2D eigenvalue weighted by atomic mass is 10.1. The summed E-state index contributed by atoms with van der Waals surface area (Å²) in [5.41, 5.74) is 4.03. The van der Waals surface area contributed by atoms with Gasteiger partial charge >= 0.3 is 0 Å². The third-order valence-corrected chi connectivity index (χ3v) is 7.73. The number of anilines is 1. The van der Waals surface area contributed by atoms with E-state index in [-0.39, 0.29) is 5.91 Å². The maximum Gasteiger partial charge on any atom is 0.266 e. The van der Waals surface area contributed by atoms with Crippen molar-refractivity contribution in [1.29, 1.82) is 0 Å². The molecule has 0 radical (unpaired) electrons. The Hall–Kier alpha value is -3.81. The SMILES string of the molecule is CCN1C(=O)/C(=C/c2cccn2-c2ccc3ccccc3c2)SC1=Nc1ccc(N2CCOCC2)cc1. The summed E-state index contributed by atoms with van der Waals surface area (Å²) < 4.78 is 7.57. The van der Waals surface area contributed by atoms with Crippen molar-refractivity contribution >= 4 is 51.1 Å². The van der Waals surface area contributed by atoms with Gasteiger partial charge in [0.05, 0.1) is 23.8 Å². The van der Waals surface area contributed by atoms with Crippen LogP contribution in [0.25, 0.3) is 22.5 Å². The van der Waals surface area contributed by atoms with E-state index in [1.165, 1.54) is 28.2 Å². The zero-order chi connectivity index (χ0) is 25.2. The number of fused-ring (bicyclic) bond motifs is 1. The number of carbonyl (C=O) groups excluding carboxylic acids is 1. The highest BCUT2D eigenvalue weighted by atomic mass is 32.2. The number of aliphatic imine (C=N–C) groups is 1. The maximum atomic E-state index is 13.3. The summed E-state index contributed by atoms with van der Waals surface area (Å²) in [6.45, 7) is 5.87. The fourth-order valence-corrected chi connectivity index (χ4v) is 5.80. The highest BCUT2D eigenvalue weighted by Gasteiger charge is 2.32. The molecule has 0 aliphatic carbocycles. The molecule has 7 heteroatoms. The number of aromatic nitrogens is 1. The van der Waals surface area contributed by atoms with Crippen LogP contribution in [0, 0.1) is 0 Å². The number of morpholine rings is 1. The lowest BCUT2D eigenvalue weighted by Gasteiger charge is -2.28. The van der Waals surface area contributed by atoms with Crippen molar-refractivity contribution < 1.29 is 9.53 Å². The number of hydrogen-bond donors (Lipinski definition) is 0. The quantitative estimate of drug-likeness (QED) is 0.306. The molecule has 0 bridgehead atoms. The minimum Gasteiger partial charge on any atom is -0.378 e. The Kier molecular flexibility index (Phi) is 6.55. The third-order valence-electron chi connectivity index (χ3n) is 6.73. The molecule has 2 aliphatic heterocycles. The molecule has 0 unspecified atom stereocenters. The van der Waals surface area contributed by atoms with Gasteiger partial charge in [-0.25, -0.2) is 4.99 Å². The third kappa shape index (κ3) is 4.80. The number of nitrogens with zero attached hydrogens (tertiary/aromatic N) is 4. The van der Waals surface area contributed by atoms with Crippen molar-refractivity contribution in [3.8, 4) is 5.69 Å². The van der Waals surface area contributed by atoms with Gasteiger partial charge in [0.1, 0.15) is 0 Å². The lowest BCUT2D eigenvalue weighted by Crippen LogP contribution is -2.36. The predicted molar refractivity (Wildman–Crippen MR) is 153 cm³/mol. The van der Waals surface area contributed by atoms with Crippen molar-refractivity contribution in [2.45, 2.75) is 6.92 Å². The van der Waals surface area contributed by atoms with E-state index in [1.807, 2.05) is 49.5 Å². The summed E-state index contributed by atoms with van der Waals surface area (Å²) in [6.07, 6.45) is 4.00. The van der Waals surface area contributed by atoms with Gasteiger partial charge in [-0.2, -0.15) is 0 Å². The molecule has 1 amide bonds. The Morgan fingerprint density at radius 2 is 1.68 bits per heavy atom. The summed E-state index contributed by atoms with van der Waals surface area (Å²) >= 11 is 1.43. The number of ether oxygens (including phenoxy) is 1. The van der Waals surface area contributed by atoms with Crippen LogP contribution in [0.5, 0.6) is 0 Å². The van der Waals surface area contributed by atoms with E-state index in [4.69, 9.17) is 9.73 Å². The van der Waals surface area contributed by atoms with Crippen molar-refractivity contribution in [2.75, 3.05) is 37.7 Å². The van der Waals surface area contributed by atoms with Gasteiger partial charge in [0.25, 0.3) is 5.91 Å². The van der Waals surface area contributed by atoms with Crippen LogP contribution in [0.15, 0.2) is 95.0 Å². The second kappa shape index (κ2) is 10.3. The molecule has 2 fully saturated rings. The Morgan fingerprint density at radius 1 is 0.919 bits per heavy atom. The van der Waals surface area contributed by atoms with Crippen molar-refractivity contribution in [3.63, 3.8) is 0 Å². The molecule has 6 rings (SSSR count). The lowest BCUT2D eigenvalue weighted by molar-refractivity contribution is -0.122. The van der Waals surface area contributed by atoms with Crippen molar-refractivity contribution in [3.05, 3.63) is 95.7 Å². The summed E-state index contributed by atoms with van der Waals surface area (Å²) in [5, 5.41) is 3.10. The molecule has 0 N–H and O–H groups in total. The molecule has 1 aromatic heterocycles. The smallest absolute Gasteiger partial charge is 0.266 e. The molecule has 4 aromatic rings. The Balaban J connectivity index is 1.26. The van der Waals surface area contributed by atoms with Crippen molar-refractivity contribution in [2.24, 2.45) is 4.99 Å². The average Bonchev–Trinajstić information content (AvgIpc) is 3.53. The van der Waals surface area contributed by atoms with Crippen LogP contribution in [-0.2, 0) is 9.53 Å². The van der Waals surface area contributed by atoms with Gasteiger partial charge < -0.3 is 14.2 Å². The number of rotatable bonds is 5. The van der Waals surface area contributed by atoms with E-state index in [9.17, 15) is 4.79 Å². The normalized spacial score (nSPS) is 18.5. The van der Waals surface area contributed by atoms with Crippen LogP contribution in [0.4, 0.5) is 11.4 Å². The first kappa shape index (κ1) is 23.6. The van der Waals surface area contributed by atoms with Gasteiger partial charge in [-0.05, 0) is 84.1 Å². The molecule has 0 atom stereocenters. The number of amides is 1. The van der Waals surface area contributed by atoms with Gasteiger partial charge in [0, 0.05) is 42.9 Å². The Bertz CT molecular complexity index is 1500. The second-order valence-corrected chi connectivity index (χ2v) is 10.0. The van der Waals surface area contributed by atoms with Gasteiger partial charge in [0.2, 0.25) is 0 Å². The largest absolute Gasteiger partial charge is 0.378 e. The minimum atomic E-state index is -0.0116. The van der Waals surface area contributed by atoms with Gasteiger partial charge in [-0.15, -0.1) is 0 Å². The van der Waals surface area contributed by atoms with Crippen molar-refractivity contribution in [1.82, 2.24) is 9.47 Å². The van der Waals surface area contributed by atoms with E-state index in [0.717, 1.165) is 43.4 Å². The summed E-state index contributed by atoms with van der Waals surface area (Å²) in [6, 6.07) is 27.0. The maximum absolute atomic E-state index is 13.3. The molecular weight excluding hydrogens is 480 g/mol. The van der Waals surface area contributed by atoms with Gasteiger partial charge in [-0.1, -0.05) is 30.3 Å². The summed E-state index contributed by atoms with van der Waals surface area (Å²) in [5.74, 6) is -0.0116. The highest BCUT2D eigenvalue weighted by Crippen LogP contribution is 2.35. The Labute approximate surface area is 220 Å². The topological polar surface area (TPSA) is 50.1 Å². The molecule has 2 aliphatic rings. The number of amidine groups is 1. The number of benzene rings is 3. The minimum absolute atomic E-state index is 0.0116. The standard InChI is InChI=1S/C30H28N4O2S/c1-2-33-29(35)28(37-30(33)31-24-10-13-25(14-11-24)32-16-18-36-19-17-32)21-26-8-5-15-34(26)27-12-9-22-6-3-4-7-23(22)20-27/h3-15,20-21H,2,16-19H2,1H3/b28-21-,31-30?. The monoisotopic (exact) mass is 508 g/mol. The number of thioether (sulfide) groups is 1. The molecule has 0 spiro atoms. The predicted octanol–water partition coefficient (Wildman–Crippen LogP) is 6.09. The first-order valence-corrected chi connectivity index (χ1v) is 13.4. The summed E-state index contributed by atoms with van der Waals surface area (Å²) in [7, 11) is 0. The van der Waals surface area contributed by atoms with Crippen LogP contribution in [-0.4, -0.2) is 53.4 Å². The second-order valence-electron chi connectivity index (χ2n) is 9.00. The number of carbonyl (C=O) groups is 1. The van der Waals surface area contributed by atoms with Crippen LogP contribution in [0.1, 0.15) is 12.6 Å². The fraction of sp³-hybridized carbons (Fsp3) is 0.200. The Morgan fingerprint density at radius 3 is 2.46 bits per heavy atom. The molecule has 0 saturated carbocycles. The van der Waals surface area contributed by atoms with E-state index in [0.29, 0.717) is 16.6 Å². The fourth-order valence-electron chi connectivity index (χ4n) is 4.75. The summed E-state index contributed by atoms with van der Waals surface area (Å²) in [4.78, 5) is 22.8. The zero-order valence-corrected chi connectivity index (χ0v) is 21.5. The molecule has 3 aromatic carbocycles. The molecular formula is C30H28N4O2S. The van der Waals surface area contributed by atoms with E-state index < -0.39 is 0 Å².